The lowest BCUT2D eigenvalue weighted by Gasteiger charge is -2.33. The number of phenols is 1. The number of nitrogens with one attached hydrogen (secondary N) is 1. The van der Waals surface area contributed by atoms with Crippen molar-refractivity contribution in [1.29, 1.82) is 0 Å². The van der Waals surface area contributed by atoms with E-state index in [1.807, 2.05) is 84.9 Å². The van der Waals surface area contributed by atoms with E-state index in [-0.39, 0.29) is 5.75 Å². The molecule has 146 valence electrons. The topological polar surface area (TPSA) is 54.0 Å². The van der Waals surface area contributed by atoms with Gasteiger partial charge in [0.05, 0.1) is 22.6 Å². The van der Waals surface area contributed by atoms with Crippen LogP contribution in [-0.2, 0) is 0 Å². The number of fused-ring (bicyclic) bond motifs is 3. The highest BCUT2D eigenvalue weighted by Gasteiger charge is 2.29. The summed E-state index contributed by atoms with van der Waals surface area (Å²) in [5, 5.41) is 13.9. The van der Waals surface area contributed by atoms with Crippen LogP contribution >= 0.6 is 0 Å². The van der Waals surface area contributed by atoms with Crippen LogP contribution in [0.2, 0.25) is 0 Å². The summed E-state index contributed by atoms with van der Waals surface area (Å²) in [6.45, 7) is 0. The monoisotopic (exact) mass is 394 g/mol. The van der Waals surface area contributed by atoms with Gasteiger partial charge in [-0.2, -0.15) is 0 Å². The fourth-order valence-corrected chi connectivity index (χ4v) is 4.00. The number of benzene rings is 4. The molecule has 0 saturated heterocycles. The SMILES string of the molecule is Oc1ccc(N2c3ccccc3Oc3ccccc32)cc1C1Nc2ccccc2O1. The van der Waals surface area contributed by atoms with Crippen molar-refractivity contribution < 1.29 is 14.6 Å². The maximum Gasteiger partial charge on any atom is 0.200 e. The van der Waals surface area contributed by atoms with Crippen molar-refractivity contribution in [2.75, 3.05) is 10.2 Å². The van der Waals surface area contributed by atoms with E-state index in [9.17, 15) is 5.11 Å². The molecule has 0 amide bonds. The van der Waals surface area contributed by atoms with E-state index in [1.54, 1.807) is 6.07 Å². The Kier molecular flexibility index (Phi) is 3.62. The van der Waals surface area contributed by atoms with Crippen molar-refractivity contribution in [2.45, 2.75) is 6.23 Å². The minimum Gasteiger partial charge on any atom is -0.507 e. The molecule has 5 heteroatoms. The molecule has 1 unspecified atom stereocenters. The van der Waals surface area contributed by atoms with Gasteiger partial charge in [-0.25, -0.2) is 0 Å². The molecule has 2 N–H and O–H groups in total. The van der Waals surface area contributed by atoms with Crippen molar-refractivity contribution in [1.82, 2.24) is 0 Å². The summed E-state index contributed by atoms with van der Waals surface area (Å²) in [7, 11) is 0. The smallest absolute Gasteiger partial charge is 0.200 e. The van der Waals surface area contributed by atoms with Gasteiger partial charge in [0.15, 0.2) is 17.7 Å². The molecule has 0 aliphatic carbocycles. The van der Waals surface area contributed by atoms with E-state index >= 15 is 0 Å². The van der Waals surface area contributed by atoms with Crippen molar-refractivity contribution >= 4 is 22.7 Å². The van der Waals surface area contributed by atoms with Crippen LogP contribution in [0.15, 0.2) is 91.0 Å². The Morgan fingerprint density at radius 2 is 1.37 bits per heavy atom. The molecule has 0 aromatic heterocycles. The molecule has 5 nitrogen and oxygen atoms in total. The minimum absolute atomic E-state index is 0.180. The first kappa shape index (κ1) is 16.8. The van der Waals surface area contributed by atoms with Crippen molar-refractivity contribution in [3.63, 3.8) is 0 Å². The van der Waals surface area contributed by atoms with Crippen LogP contribution in [0, 0.1) is 0 Å². The molecule has 0 fully saturated rings. The first-order valence-electron chi connectivity index (χ1n) is 9.79. The summed E-state index contributed by atoms with van der Waals surface area (Å²) in [5.41, 5.74) is 4.37. The summed E-state index contributed by atoms with van der Waals surface area (Å²) in [6, 6.07) is 29.2. The number of hydrogen-bond donors (Lipinski definition) is 2. The second kappa shape index (κ2) is 6.46. The van der Waals surface area contributed by atoms with Gasteiger partial charge in [0.1, 0.15) is 11.5 Å². The molecule has 2 aliphatic rings. The number of aromatic hydroxyl groups is 1. The second-order valence-corrected chi connectivity index (χ2v) is 7.25. The molecule has 4 aromatic carbocycles. The van der Waals surface area contributed by atoms with Crippen LogP contribution in [-0.4, -0.2) is 5.11 Å². The fraction of sp³-hybridized carbons (Fsp3) is 0.0400. The number of hydrogen-bond acceptors (Lipinski definition) is 5. The van der Waals surface area contributed by atoms with Gasteiger partial charge in [-0.15, -0.1) is 0 Å². The molecule has 4 aromatic rings. The van der Waals surface area contributed by atoms with Gasteiger partial charge in [0.2, 0.25) is 0 Å². The van der Waals surface area contributed by atoms with Crippen LogP contribution in [0.25, 0.3) is 0 Å². The first-order chi connectivity index (χ1) is 14.8. The third kappa shape index (κ3) is 2.56. The van der Waals surface area contributed by atoms with Crippen molar-refractivity contribution in [3.8, 4) is 23.0 Å². The summed E-state index contributed by atoms with van der Waals surface area (Å²) in [4.78, 5) is 2.14. The van der Waals surface area contributed by atoms with Crippen molar-refractivity contribution in [3.05, 3.63) is 96.6 Å². The Bertz CT molecular complexity index is 1200. The van der Waals surface area contributed by atoms with Gasteiger partial charge in [0, 0.05) is 5.69 Å². The quantitative estimate of drug-likeness (QED) is 0.359. The zero-order chi connectivity index (χ0) is 20.1. The standard InChI is InChI=1S/C25H18N2O3/c28-21-14-13-16(15-17(21)25-26-18-7-1-4-10-22(18)30-25)27-19-8-2-5-11-23(19)29-24-12-6-3-9-20(24)27/h1-15,25-26,28H. The molecule has 1 atom stereocenters. The molecular formula is C25H18N2O3. The van der Waals surface area contributed by atoms with Gasteiger partial charge in [-0.05, 0) is 54.6 Å². The Hall–Kier alpha value is -4.12. The molecule has 30 heavy (non-hydrogen) atoms. The van der Waals surface area contributed by atoms with Gasteiger partial charge in [-0.1, -0.05) is 36.4 Å². The van der Waals surface area contributed by atoms with Crippen molar-refractivity contribution in [2.24, 2.45) is 0 Å². The molecule has 2 aliphatic heterocycles. The largest absolute Gasteiger partial charge is 0.507 e. The maximum absolute atomic E-state index is 10.6. The number of phenolic OH excluding ortho intramolecular Hbond substituents is 1. The lowest BCUT2D eigenvalue weighted by Crippen LogP contribution is -2.17. The second-order valence-electron chi connectivity index (χ2n) is 7.25. The number of ether oxygens (including phenoxy) is 2. The number of anilines is 4. The van der Waals surface area contributed by atoms with Gasteiger partial charge in [-0.3, -0.25) is 0 Å². The van der Waals surface area contributed by atoms with E-state index in [0.29, 0.717) is 5.56 Å². The number of para-hydroxylation sites is 6. The molecule has 2 heterocycles. The Balaban J connectivity index is 1.46. The lowest BCUT2D eigenvalue weighted by molar-refractivity contribution is 0.254. The van der Waals surface area contributed by atoms with E-state index in [0.717, 1.165) is 40.0 Å². The molecule has 6 rings (SSSR count). The molecular weight excluding hydrogens is 376 g/mol. The van der Waals surface area contributed by atoms with Gasteiger partial charge in [0.25, 0.3) is 0 Å². The molecule has 0 bridgehead atoms. The van der Waals surface area contributed by atoms with Crippen LogP contribution in [0.1, 0.15) is 11.8 Å². The number of rotatable bonds is 2. The number of nitrogens with zero attached hydrogens (tertiary/aromatic N) is 1. The highest BCUT2D eigenvalue weighted by atomic mass is 16.5. The lowest BCUT2D eigenvalue weighted by atomic mass is 10.1. The van der Waals surface area contributed by atoms with Crippen LogP contribution in [0.4, 0.5) is 22.7 Å². The molecule has 0 spiro atoms. The Labute approximate surface area is 173 Å². The summed E-state index contributed by atoms with van der Waals surface area (Å²) in [6.07, 6.45) is -0.464. The summed E-state index contributed by atoms with van der Waals surface area (Å²) >= 11 is 0. The van der Waals surface area contributed by atoms with E-state index < -0.39 is 6.23 Å². The molecule has 0 saturated carbocycles. The van der Waals surface area contributed by atoms with Gasteiger partial charge >= 0.3 is 0 Å². The Morgan fingerprint density at radius 1 is 0.733 bits per heavy atom. The maximum atomic E-state index is 10.6. The summed E-state index contributed by atoms with van der Waals surface area (Å²) < 4.78 is 12.1. The highest BCUT2D eigenvalue weighted by molar-refractivity contribution is 5.86. The average molecular weight is 394 g/mol. The van der Waals surface area contributed by atoms with Gasteiger partial charge < -0.3 is 24.8 Å². The molecule has 0 radical (unpaired) electrons. The third-order valence-corrected chi connectivity index (χ3v) is 5.40. The third-order valence-electron chi connectivity index (χ3n) is 5.40. The zero-order valence-electron chi connectivity index (χ0n) is 15.9. The predicted molar refractivity (Wildman–Crippen MR) is 116 cm³/mol. The average Bonchev–Trinajstić information content (AvgIpc) is 3.22. The zero-order valence-corrected chi connectivity index (χ0v) is 15.9. The predicted octanol–water partition coefficient (Wildman–Crippen LogP) is 6.47. The van der Waals surface area contributed by atoms with E-state index in [1.165, 1.54) is 0 Å². The first-order valence-corrected chi connectivity index (χ1v) is 9.79. The van der Waals surface area contributed by atoms with Crippen LogP contribution in [0.3, 0.4) is 0 Å². The minimum atomic E-state index is -0.464. The van der Waals surface area contributed by atoms with E-state index in [2.05, 4.69) is 10.2 Å². The summed E-state index contributed by atoms with van der Waals surface area (Å²) in [5.74, 6) is 2.52. The van der Waals surface area contributed by atoms with Crippen LogP contribution in [0.5, 0.6) is 23.0 Å². The highest BCUT2D eigenvalue weighted by Crippen LogP contribution is 2.51. The fourth-order valence-electron chi connectivity index (χ4n) is 4.00. The van der Waals surface area contributed by atoms with E-state index in [4.69, 9.17) is 9.47 Å². The Morgan fingerprint density at radius 3 is 2.07 bits per heavy atom. The normalized spacial score (nSPS) is 15.9. The van der Waals surface area contributed by atoms with Crippen LogP contribution < -0.4 is 19.7 Å².